The zero-order chi connectivity index (χ0) is 9.84. The van der Waals surface area contributed by atoms with Gasteiger partial charge in [-0.15, -0.1) is 5.10 Å². The van der Waals surface area contributed by atoms with Crippen molar-refractivity contribution in [2.45, 2.75) is 26.8 Å². The first-order valence-electron chi connectivity index (χ1n) is 4.57. The molecule has 0 amide bonds. The number of aromatic nitrogens is 3. The Labute approximate surface area is 83.6 Å². The number of rotatable bonds is 4. The van der Waals surface area contributed by atoms with Crippen LogP contribution in [-0.4, -0.2) is 28.4 Å². The quantitative estimate of drug-likeness (QED) is 0.753. The van der Waals surface area contributed by atoms with Crippen molar-refractivity contribution in [2.75, 3.05) is 18.5 Å². The molecule has 1 rings (SSSR count). The number of H-pyrrole nitrogens is 1. The molecule has 0 atom stereocenters. The van der Waals surface area contributed by atoms with Gasteiger partial charge in [0.1, 0.15) is 0 Å². The van der Waals surface area contributed by atoms with E-state index in [4.69, 9.17) is 12.2 Å². The van der Waals surface area contributed by atoms with Crippen LogP contribution >= 0.6 is 12.2 Å². The minimum absolute atomic E-state index is 0.706. The molecule has 0 fully saturated rings. The van der Waals surface area contributed by atoms with Crippen LogP contribution in [0.3, 0.4) is 0 Å². The van der Waals surface area contributed by atoms with Crippen LogP contribution in [0.25, 0.3) is 0 Å². The second-order valence-corrected chi connectivity index (χ2v) is 3.38. The first-order valence-corrected chi connectivity index (χ1v) is 4.97. The van der Waals surface area contributed by atoms with Crippen LogP contribution in [0, 0.1) is 4.77 Å². The average Bonchev–Trinajstić information content (AvgIpc) is 2.48. The summed E-state index contributed by atoms with van der Waals surface area (Å²) in [5.41, 5.74) is 0. The summed E-state index contributed by atoms with van der Waals surface area (Å²) < 4.78 is 2.73. The van der Waals surface area contributed by atoms with Gasteiger partial charge in [-0.2, -0.15) is 0 Å². The first-order chi connectivity index (χ1) is 6.20. The van der Waals surface area contributed by atoms with Crippen molar-refractivity contribution >= 4 is 18.2 Å². The Kier molecular flexibility index (Phi) is 3.48. The van der Waals surface area contributed by atoms with Gasteiger partial charge >= 0.3 is 0 Å². The smallest absolute Gasteiger partial charge is 0.225 e. The Morgan fingerprint density at radius 2 is 2.23 bits per heavy atom. The second kappa shape index (κ2) is 4.41. The van der Waals surface area contributed by atoms with E-state index in [1.165, 1.54) is 0 Å². The summed E-state index contributed by atoms with van der Waals surface area (Å²) in [6, 6.07) is 0. The minimum atomic E-state index is 0.706. The second-order valence-electron chi connectivity index (χ2n) is 2.99. The lowest BCUT2D eigenvalue weighted by Crippen LogP contribution is -2.20. The molecule has 0 saturated carbocycles. The molecular formula is C8H16N4S. The number of hydrogen-bond acceptors (Lipinski definition) is 3. The van der Waals surface area contributed by atoms with Gasteiger partial charge < -0.3 is 4.90 Å². The third-order valence-corrected chi connectivity index (χ3v) is 2.31. The molecule has 74 valence electrons. The van der Waals surface area contributed by atoms with Crippen molar-refractivity contribution < 1.29 is 0 Å². The zero-order valence-corrected chi connectivity index (χ0v) is 9.19. The van der Waals surface area contributed by atoms with E-state index in [-0.39, 0.29) is 0 Å². The summed E-state index contributed by atoms with van der Waals surface area (Å²) in [6.07, 6.45) is 1.07. The van der Waals surface area contributed by atoms with Crippen molar-refractivity contribution in [3.63, 3.8) is 0 Å². The summed E-state index contributed by atoms with van der Waals surface area (Å²) in [6.45, 7) is 6.08. The molecular weight excluding hydrogens is 184 g/mol. The maximum absolute atomic E-state index is 5.12. The van der Waals surface area contributed by atoms with E-state index >= 15 is 0 Å². The number of aromatic amines is 1. The fraction of sp³-hybridized carbons (Fsp3) is 0.750. The monoisotopic (exact) mass is 200 g/mol. The molecule has 1 aromatic heterocycles. The highest BCUT2D eigenvalue weighted by Gasteiger charge is 2.07. The third-order valence-electron chi connectivity index (χ3n) is 2.00. The van der Waals surface area contributed by atoms with Crippen LogP contribution in [0.1, 0.15) is 20.3 Å². The summed E-state index contributed by atoms with van der Waals surface area (Å²) in [5, 5.41) is 6.99. The molecule has 0 aromatic carbocycles. The summed E-state index contributed by atoms with van der Waals surface area (Å²) in [7, 11) is 2.01. The van der Waals surface area contributed by atoms with Crippen molar-refractivity contribution in [2.24, 2.45) is 0 Å². The lowest BCUT2D eigenvalue weighted by molar-refractivity contribution is 0.658. The van der Waals surface area contributed by atoms with E-state index in [1.54, 1.807) is 0 Å². The van der Waals surface area contributed by atoms with Crippen molar-refractivity contribution in [3.8, 4) is 0 Å². The lowest BCUT2D eigenvalue weighted by Gasteiger charge is -2.15. The maximum atomic E-state index is 5.12. The molecule has 0 unspecified atom stereocenters. The maximum Gasteiger partial charge on any atom is 0.225 e. The van der Waals surface area contributed by atoms with Gasteiger partial charge in [-0.25, -0.2) is 5.10 Å². The van der Waals surface area contributed by atoms with E-state index in [2.05, 4.69) is 28.9 Å². The number of anilines is 1. The normalized spacial score (nSPS) is 10.4. The van der Waals surface area contributed by atoms with Crippen LogP contribution in [0.5, 0.6) is 0 Å². The predicted octanol–water partition coefficient (Wildman–Crippen LogP) is 1.81. The molecule has 1 N–H and O–H groups in total. The number of nitrogens with zero attached hydrogens (tertiary/aromatic N) is 3. The summed E-state index contributed by atoms with van der Waals surface area (Å²) in [5.74, 6) is 0.925. The third kappa shape index (κ3) is 2.09. The molecule has 0 radical (unpaired) electrons. The van der Waals surface area contributed by atoms with Gasteiger partial charge in [-0.1, -0.05) is 6.92 Å². The van der Waals surface area contributed by atoms with Gasteiger partial charge in [0.25, 0.3) is 0 Å². The van der Waals surface area contributed by atoms with Gasteiger partial charge in [0.2, 0.25) is 5.95 Å². The van der Waals surface area contributed by atoms with Crippen LogP contribution in [0.4, 0.5) is 5.95 Å². The van der Waals surface area contributed by atoms with Crippen molar-refractivity contribution in [3.05, 3.63) is 4.77 Å². The lowest BCUT2D eigenvalue weighted by atomic mass is 10.5. The highest BCUT2D eigenvalue weighted by molar-refractivity contribution is 7.71. The van der Waals surface area contributed by atoms with E-state index < -0.39 is 0 Å². The largest absolute Gasteiger partial charge is 0.344 e. The van der Waals surface area contributed by atoms with Crippen LogP contribution in [0.15, 0.2) is 0 Å². The molecule has 0 aliphatic heterocycles. The molecule has 13 heavy (non-hydrogen) atoms. The van der Waals surface area contributed by atoms with Gasteiger partial charge in [-0.3, -0.25) is 4.57 Å². The fourth-order valence-electron chi connectivity index (χ4n) is 1.17. The van der Waals surface area contributed by atoms with Gasteiger partial charge in [0.05, 0.1) is 0 Å². The topological polar surface area (TPSA) is 36.9 Å². The standard InChI is InChI=1S/C8H16N4S/c1-4-6-12-7(11(3)5-2)9-10-8(12)13/h4-6H2,1-3H3,(H,10,13). The number of nitrogens with one attached hydrogen (secondary N) is 1. The van der Waals surface area contributed by atoms with Gasteiger partial charge in [0, 0.05) is 20.1 Å². The number of hydrogen-bond donors (Lipinski definition) is 1. The molecule has 0 saturated heterocycles. The predicted molar refractivity (Wildman–Crippen MR) is 56.6 cm³/mol. The molecule has 5 heteroatoms. The average molecular weight is 200 g/mol. The van der Waals surface area contributed by atoms with E-state index in [0.29, 0.717) is 4.77 Å². The van der Waals surface area contributed by atoms with Crippen LogP contribution < -0.4 is 4.90 Å². The van der Waals surface area contributed by atoms with Gasteiger partial charge in [-0.05, 0) is 25.6 Å². The fourth-order valence-corrected chi connectivity index (χ4v) is 1.39. The van der Waals surface area contributed by atoms with Crippen LogP contribution in [-0.2, 0) is 6.54 Å². The summed E-state index contributed by atoms with van der Waals surface area (Å²) in [4.78, 5) is 2.07. The van der Waals surface area contributed by atoms with E-state index in [1.807, 2.05) is 11.6 Å². The molecule has 0 aliphatic carbocycles. The van der Waals surface area contributed by atoms with E-state index in [0.717, 1.165) is 25.5 Å². The van der Waals surface area contributed by atoms with Crippen LogP contribution in [0.2, 0.25) is 0 Å². The molecule has 1 heterocycles. The first kappa shape index (κ1) is 10.2. The molecule has 1 aromatic rings. The Hall–Kier alpha value is -0.840. The van der Waals surface area contributed by atoms with Crippen molar-refractivity contribution in [1.29, 1.82) is 0 Å². The Balaban J connectivity index is 2.99. The van der Waals surface area contributed by atoms with E-state index in [9.17, 15) is 0 Å². The Morgan fingerprint density at radius 3 is 2.77 bits per heavy atom. The molecule has 0 spiro atoms. The highest BCUT2D eigenvalue weighted by atomic mass is 32.1. The van der Waals surface area contributed by atoms with Gasteiger partial charge in [0.15, 0.2) is 4.77 Å². The SMILES string of the molecule is CCCn1c(N(C)CC)n[nH]c1=S. The molecule has 4 nitrogen and oxygen atoms in total. The molecule has 0 aliphatic rings. The minimum Gasteiger partial charge on any atom is -0.344 e. The summed E-state index contributed by atoms with van der Waals surface area (Å²) >= 11 is 5.12. The molecule has 0 bridgehead atoms. The highest BCUT2D eigenvalue weighted by Crippen LogP contribution is 2.09. The Morgan fingerprint density at radius 1 is 1.54 bits per heavy atom. The zero-order valence-electron chi connectivity index (χ0n) is 8.37. The van der Waals surface area contributed by atoms with Crippen molar-refractivity contribution in [1.82, 2.24) is 14.8 Å². The Bertz CT molecular complexity index is 314.